The van der Waals surface area contributed by atoms with Crippen LogP contribution in [0.15, 0.2) is 42.9 Å². The molecular weight excluding hydrogens is 399 g/mol. The van der Waals surface area contributed by atoms with Gasteiger partial charge in [-0.25, -0.2) is 9.97 Å². The number of benzene rings is 1. The van der Waals surface area contributed by atoms with E-state index in [4.69, 9.17) is 26.8 Å². The molecule has 2 heterocycles. The maximum Gasteiger partial charge on any atom is 0.417 e. The second kappa shape index (κ2) is 7.77. The van der Waals surface area contributed by atoms with E-state index < -0.39 is 11.7 Å². The summed E-state index contributed by atoms with van der Waals surface area (Å²) in [6.45, 7) is 0. The number of nitrogens with one attached hydrogen (secondary N) is 1. The fourth-order valence-electron chi connectivity index (χ4n) is 2.11. The molecule has 0 amide bonds. The summed E-state index contributed by atoms with van der Waals surface area (Å²) in [5, 5.41) is 2.43. The van der Waals surface area contributed by atoms with Crippen molar-refractivity contribution in [1.82, 2.24) is 15.0 Å². The number of pyridine rings is 1. The molecule has 0 atom stereocenters. The average Bonchev–Trinajstić information content (AvgIpc) is 2.66. The summed E-state index contributed by atoms with van der Waals surface area (Å²) in [6.07, 6.45) is -2.72. The van der Waals surface area contributed by atoms with Crippen LogP contribution < -0.4 is 20.5 Å². The Bertz CT molecular complexity index is 984. The zero-order valence-electron chi connectivity index (χ0n) is 14.3. The lowest BCUT2D eigenvalue weighted by Gasteiger charge is -2.13. The van der Waals surface area contributed by atoms with E-state index in [-0.39, 0.29) is 28.2 Å². The number of aromatic nitrogens is 3. The van der Waals surface area contributed by atoms with Gasteiger partial charge in [-0.3, -0.25) is 0 Å². The molecule has 0 aliphatic heterocycles. The van der Waals surface area contributed by atoms with Gasteiger partial charge in [0.25, 0.3) is 0 Å². The van der Waals surface area contributed by atoms with Crippen molar-refractivity contribution in [2.75, 3.05) is 18.2 Å². The highest BCUT2D eigenvalue weighted by Gasteiger charge is 2.31. The normalized spacial score (nSPS) is 11.2. The summed E-state index contributed by atoms with van der Waals surface area (Å²) in [5.41, 5.74) is 5.05. The quantitative estimate of drug-likeness (QED) is 0.629. The molecule has 1 aromatic carbocycles. The number of alkyl halides is 3. The molecule has 7 nitrogen and oxygen atoms in total. The van der Waals surface area contributed by atoms with Gasteiger partial charge in [-0.15, -0.1) is 0 Å². The summed E-state index contributed by atoms with van der Waals surface area (Å²) in [7, 11) is 1.54. The first-order valence-electron chi connectivity index (χ1n) is 7.70. The first kappa shape index (κ1) is 19.5. The van der Waals surface area contributed by atoms with Crippen LogP contribution in [0.2, 0.25) is 5.02 Å². The number of nitrogen functional groups attached to an aromatic ring is 1. The van der Waals surface area contributed by atoms with Crippen molar-refractivity contribution in [3.8, 4) is 17.4 Å². The highest BCUT2D eigenvalue weighted by atomic mass is 35.5. The number of rotatable bonds is 5. The molecule has 0 fully saturated rings. The van der Waals surface area contributed by atoms with Crippen LogP contribution in [-0.2, 0) is 6.18 Å². The van der Waals surface area contributed by atoms with Crippen LogP contribution in [0, 0.1) is 0 Å². The number of nitrogens with zero attached hydrogens (tertiary/aromatic N) is 3. The second-order valence-electron chi connectivity index (χ2n) is 5.40. The molecule has 0 saturated carbocycles. The van der Waals surface area contributed by atoms with Crippen LogP contribution in [0.5, 0.6) is 17.4 Å². The number of anilines is 3. The Morgan fingerprint density at radius 1 is 1.04 bits per heavy atom. The molecule has 3 aromatic rings. The van der Waals surface area contributed by atoms with E-state index in [1.165, 1.54) is 13.4 Å². The van der Waals surface area contributed by atoms with Crippen LogP contribution >= 0.6 is 11.6 Å². The molecule has 0 unspecified atom stereocenters. The van der Waals surface area contributed by atoms with Crippen LogP contribution in [0.1, 0.15) is 5.56 Å². The van der Waals surface area contributed by atoms with Crippen molar-refractivity contribution < 1.29 is 22.6 Å². The lowest BCUT2D eigenvalue weighted by Crippen LogP contribution is -2.08. The van der Waals surface area contributed by atoms with Crippen molar-refractivity contribution in [2.24, 2.45) is 0 Å². The maximum atomic E-state index is 12.7. The van der Waals surface area contributed by atoms with Gasteiger partial charge in [0.1, 0.15) is 29.3 Å². The van der Waals surface area contributed by atoms with Crippen molar-refractivity contribution in [2.45, 2.75) is 6.18 Å². The van der Waals surface area contributed by atoms with Crippen LogP contribution in [-0.4, -0.2) is 22.1 Å². The zero-order valence-corrected chi connectivity index (χ0v) is 15.0. The van der Waals surface area contributed by atoms with Crippen molar-refractivity contribution in [3.05, 3.63) is 53.4 Å². The molecule has 11 heteroatoms. The second-order valence-corrected chi connectivity index (χ2v) is 5.80. The number of hydrogen-bond donors (Lipinski definition) is 2. The molecule has 0 aliphatic rings. The first-order chi connectivity index (χ1) is 13.3. The highest BCUT2D eigenvalue weighted by Crippen LogP contribution is 2.35. The Morgan fingerprint density at radius 2 is 1.71 bits per heavy atom. The number of ether oxygens (including phenoxy) is 2. The van der Waals surface area contributed by atoms with Gasteiger partial charge in [0, 0.05) is 6.20 Å². The largest absolute Gasteiger partial charge is 0.497 e. The van der Waals surface area contributed by atoms with Gasteiger partial charge in [0.15, 0.2) is 5.82 Å². The Balaban J connectivity index is 1.83. The summed E-state index contributed by atoms with van der Waals surface area (Å²) >= 11 is 5.88. The molecule has 0 saturated heterocycles. The summed E-state index contributed by atoms with van der Waals surface area (Å²) in [6, 6.07) is 7.45. The Morgan fingerprint density at radius 3 is 2.32 bits per heavy atom. The van der Waals surface area contributed by atoms with E-state index in [1.807, 2.05) is 0 Å². The van der Waals surface area contributed by atoms with E-state index in [0.717, 1.165) is 6.07 Å². The number of nitrogens with two attached hydrogens (primary N) is 1. The third-order valence-corrected chi connectivity index (χ3v) is 3.81. The minimum absolute atomic E-state index is 0.0242. The molecule has 0 spiro atoms. The lowest BCUT2D eigenvalue weighted by molar-refractivity contribution is -0.137. The standard InChI is InChI=1S/C17H13ClF3N5O2/c1-27-10-2-4-11(5-3-10)28-16-13(22)15(24-8-25-16)26-14-12(18)6-9(7-23-14)17(19,20)21/h2-8H,22H2,1H3,(H,23,24,25,26). The molecule has 0 aliphatic carbocycles. The monoisotopic (exact) mass is 411 g/mol. The molecule has 28 heavy (non-hydrogen) atoms. The predicted molar refractivity (Wildman–Crippen MR) is 97.0 cm³/mol. The smallest absolute Gasteiger partial charge is 0.417 e. The van der Waals surface area contributed by atoms with Gasteiger partial charge in [-0.05, 0) is 30.3 Å². The van der Waals surface area contributed by atoms with Gasteiger partial charge in [-0.1, -0.05) is 11.6 Å². The van der Waals surface area contributed by atoms with E-state index in [9.17, 15) is 13.2 Å². The zero-order chi connectivity index (χ0) is 20.3. The van der Waals surface area contributed by atoms with E-state index in [1.54, 1.807) is 24.3 Å². The van der Waals surface area contributed by atoms with Crippen LogP contribution in [0.25, 0.3) is 0 Å². The lowest BCUT2D eigenvalue weighted by atomic mass is 10.3. The predicted octanol–water partition coefficient (Wildman–Crippen LogP) is 4.67. The van der Waals surface area contributed by atoms with Gasteiger partial charge in [0.05, 0.1) is 17.7 Å². The van der Waals surface area contributed by atoms with Gasteiger partial charge in [0.2, 0.25) is 5.88 Å². The van der Waals surface area contributed by atoms with Crippen molar-refractivity contribution >= 4 is 28.9 Å². The number of hydrogen-bond acceptors (Lipinski definition) is 7. The Kier molecular flexibility index (Phi) is 5.41. The summed E-state index contributed by atoms with van der Waals surface area (Å²) in [5.74, 6) is 1.17. The van der Waals surface area contributed by atoms with Gasteiger partial charge in [-0.2, -0.15) is 18.2 Å². The third kappa shape index (κ3) is 4.34. The van der Waals surface area contributed by atoms with Gasteiger partial charge >= 0.3 is 6.18 Å². The number of halogens is 4. The Labute approximate surface area is 162 Å². The third-order valence-electron chi connectivity index (χ3n) is 3.53. The molecule has 146 valence electrons. The van der Waals surface area contributed by atoms with Crippen molar-refractivity contribution in [1.29, 1.82) is 0 Å². The van der Waals surface area contributed by atoms with Crippen LogP contribution in [0.3, 0.4) is 0 Å². The molecular formula is C17H13ClF3N5O2. The molecule has 0 bridgehead atoms. The first-order valence-corrected chi connectivity index (χ1v) is 8.08. The average molecular weight is 412 g/mol. The van der Waals surface area contributed by atoms with Gasteiger partial charge < -0.3 is 20.5 Å². The minimum atomic E-state index is -4.55. The molecule has 3 rings (SSSR count). The minimum Gasteiger partial charge on any atom is -0.497 e. The fourth-order valence-corrected chi connectivity index (χ4v) is 2.33. The summed E-state index contributed by atoms with van der Waals surface area (Å²) in [4.78, 5) is 11.6. The highest BCUT2D eigenvalue weighted by molar-refractivity contribution is 6.33. The number of methoxy groups -OCH3 is 1. The van der Waals surface area contributed by atoms with E-state index in [2.05, 4.69) is 20.3 Å². The van der Waals surface area contributed by atoms with E-state index >= 15 is 0 Å². The fraction of sp³-hybridized carbons (Fsp3) is 0.118. The summed E-state index contributed by atoms with van der Waals surface area (Å²) < 4.78 is 48.8. The molecule has 2 aromatic heterocycles. The SMILES string of the molecule is COc1ccc(Oc2ncnc(Nc3ncc(C(F)(F)F)cc3Cl)c2N)cc1. The molecule has 3 N–H and O–H groups in total. The maximum absolute atomic E-state index is 12.7. The Hall–Kier alpha value is -3.27. The van der Waals surface area contributed by atoms with Crippen LogP contribution in [0.4, 0.5) is 30.5 Å². The van der Waals surface area contributed by atoms with E-state index in [0.29, 0.717) is 17.7 Å². The van der Waals surface area contributed by atoms with Crippen molar-refractivity contribution in [3.63, 3.8) is 0 Å². The topological polar surface area (TPSA) is 95.2 Å². The molecule has 0 radical (unpaired) electrons.